The van der Waals surface area contributed by atoms with E-state index in [4.69, 9.17) is 0 Å². The minimum Gasteiger partial charge on any atom is -0.298 e. The molecule has 0 amide bonds. The van der Waals surface area contributed by atoms with Crippen molar-refractivity contribution in [3.8, 4) is 0 Å². The van der Waals surface area contributed by atoms with Gasteiger partial charge in [-0.05, 0) is 38.0 Å². The first kappa shape index (κ1) is 8.49. The number of hydrogen-bond acceptors (Lipinski definition) is 1. The molecule has 1 saturated carbocycles. The number of allylic oxidation sites excluding steroid dienone is 2. The molecule has 0 aromatic carbocycles. The average Bonchev–Trinajstić information content (AvgIpc) is 2.05. The van der Waals surface area contributed by atoms with Crippen LogP contribution in [0.5, 0.6) is 0 Å². The van der Waals surface area contributed by atoms with E-state index in [2.05, 4.69) is 28.1 Å². The molecule has 0 saturated heterocycles. The smallest absolute Gasteiger partial charge is 0.147 e. The largest absolute Gasteiger partial charge is 0.298 e. The molecule has 3 rings (SSSR count). The lowest BCUT2D eigenvalue weighted by Crippen LogP contribution is -2.45. The third kappa shape index (κ3) is 1.08. The number of Topliss-reactive ketones (excluding diaryl/α,β-unsaturated/α-hetero) is 1. The van der Waals surface area contributed by atoms with Gasteiger partial charge in [-0.15, -0.1) is 0 Å². The highest BCUT2D eigenvalue weighted by Gasteiger charge is 2.46. The standard InChI is InChI=1S/C10H13BrO/c1-7(12)10(11)6-8-2-4-9(10)5-3-8/h2,4,8-9H,3,5-6H2,1H3/t8-,9+,10-/m0/s1. The molecule has 0 unspecified atom stereocenters. The van der Waals surface area contributed by atoms with E-state index in [9.17, 15) is 4.79 Å². The van der Waals surface area contributed by atoms with E-state index in [1.54, 1.807) is 6.92 Å². The van der Waals surface area contributed by atoms with E-state index in [-0.39, 0.29) is 4.32 Å². The fraction of sp³-hybridized carbons (Fsp3) is 0.700. The summed E-state index contributed by atoms with van der Waals surface area (Å²) in [4.78, 5) is 11.4. The van der Waals surface area contributed by atoms with Gasteiger partial charge in [-0.3, -0.25) is 4.79 Å². The van der Waals surface area contributed by atoms with Crippen molar-refractivity contribution in [3.05, 3.63) is 12.2 Å². The molecule has 3 aliphatic carbocycles. The molecule has 2 bridgehead atoms. The highest BCUT2D eigenvalue weighted by molar-refractivity contribution is 9.10. The Balaban J connectivity index is 2.31. The summed E-state index contributed by atoms with van der Waals surface area (Å²) in [5, 5.41) is 0. The van der Waals surface area contributed by atoms with Gasteiger partial charge in [0.2, 0.25) is 0 Å². The number of halogens is 1. The van der Waals surface area contributed by atoms with Crippen LogP contribution in [0, 0.1) is 11.8 Å². The van der Waals surface area contributed by atoms with E-state index in [1.807, 2.05) is 0 Å². The minimum atomic E-state index is -0.218. The molecular weight excluding hydrogens is 216 g/mol. The second-order valence-corrected chi connectivity index (χ2v) is 5.37. The number of fused-ring (bicyclic) bond motifs is 2. The van der Waals surface area contributed by atoms with Gasteiger partial charge >= 0.3 is 0 Å². The first-order chi connectivity index (χ1) is 5.63. The monoisotopic (exact) mass is 228 g/mol. The first-order valence-electron chi connectivity index (χ1n) is 4.51. The van der Waals surface area contributed by atoms with E-state index in [0.29, 0.717) is 17.6 Å². The molecule has 1 fully saturated rings. The molecule has 0 aliphatic heterocycles. The SMILES string of the molecule is CC(=O)[C@@]1(Br)C[C@H]2C=C[C@@H]1CC2. The molecule has 1 nitrogen and oxygen atoms in total. The van der Waals surface area contributed by atoms with Gasteiger partial charge in [0, 0.05) is 0 Å². The van der Waals surface area contributed by atoms with E-state index < -0.39 is 0 Å². The molecule has 0 radical (unpaired) electrons. The fourth-order valence-electron chi connectivity index (χ4n) is 2.37. The molecule has 0 spiro atoms. The average molecular weight is 229 g/mol. The molecule has 3 atom stereocenters. The number of carbonyl (C=O) groups excluding carboxylic acids is 1. The first-order valence-corrected chi connectivity index (χ1v) is 5.30. The summed E-state index contributed by atoms with van der Waals surface area (Å²) in [6.45, 7) is 1.70. The second kappa shape index (κ2) is 2.69. The number of rotatable bonds is 1. The summed E-state index contributed by atoms with van der Waals surface area (Å²) < 4.78 is -0.218. The Hall–Kier alpha value is -0.110. The van der Waals surface area contributed by atoms with Crippen molar-refractivity contribution in [2.75, 3.05) is 0 Å². The molecule has 0 N–H and O–H groups in total. The summed E-state index contributed by atoms with van der Waals surface area (Å²) >= 11 is 3.62. The third-order valence-corrected chi connectivity index (χ3v) is 4.67. The van der Waals surface area contributed by atoms with Gasteiger partial charge in [0.1, 0.15) is 5.78 Å². The molecule has 0 heterocycles. The van der Waals surface area contributed by atoms with Crippen molar-refractivity contribution < 1.29 is 4.79 Å². The van der Waals surface area contributed by atoms with Crippen molar-refractivity contribution in [2.24, 2.45) is 11.8 Å². The molecule has 0 aromatic heterocycles. The van der Waals surface area contributed by atoms with Gasteiger partial charge in [0.15, 0.2) is 0 Å². The summed E-state index contributed by atoms with van der Waals surface area (Å²) in [7, 11) is 0. The maximum absolute atomic E-state index is 11.4. The topological polar surface area (TPSA) is 17.1 Å². The molecule has 0 aromatic rings. The van der Waals surface area contributed by atoms with E-state index in [0.717, 1.165) is 6.42 Å². The zero-order valence-electron chi connectivity index (χ0n) is 7.22. The summed E-state index contributed by atoms with van der Waals surface area (Å²) in [6.07, 6.45) is 7.93. The van der Waals surface area contributed by atoms with Crippen LogP contribution in [0.3, 0.4) is 0 Å². The summed E-state index contributed by atoms with van der Waals surface area (Å²) in [5.74, 6) is 1.37. The van der Waals surface area contributed by atoms with Crippen molar-refractivity contribution in [3.63, 3.8) is 0 Å². The van der Waals surface area contributed by atoms with Crippen LogP contribution in [0.25, 0.3) is 0 Å². The van der Waals surface area contributed by atoms with Crippen LogP contribution < -0.4 is 0 Å². The summed E-state index contributed by atoms with van der Waals surface area (Å²) in [6, 6.07) is 0. The number of hydrogen-bond donors (Lipinski definition) is 0. The van der Waals surface area contributed by atoms with Crippen molar-refractivity contribution >= 4 is 21.7 Å². The van der Waals surface area contributed by atoms with Crippen LogP contribution in [0.1, 0.15) is 26.2 Å². The van der Waals surface area contributed by atoms with Crippen LogP contribution in [0.2, 0.25) is 0 Å². The van der Waals surface area contributed by atoms with E-state index >= 15 is 0 Å². The molecular formula is C10H13BrO. The Labute approximate surface area is 81.4 Å². The van der Waals surface area contributed by atoms with Gasteiger partial charge in [0.05, 0.1) is 4.32 Å². The lowest BCUT2D eigenvalue weighted by Gasteiger charge is -2.43. The molecule has 66 valence electrons. The Morgan fingerprint density at radius 2 is 2.25 bits per heavy atom. The Bertz CT molecular complexity index is 246. The van der Waals surface area contributed by atoms with Crippen LogP contribution in [-0.4, -0.2) is 10.1 Å². The van der Waals surface area contributed by atoms with Crippen LogP contribution in [0.15, 0.2) is 12.2 Å². The van der Waals surface area contributed by atoms with Crippen molar-refractivity contribution in [1.29, 1.82) is 0 Å². The predicted molar refractivity (Wildman–Crippen MR) is 52.3 cm³/mol. The van der Waals surface area contributed by atoms with E-state index in [1.165, 1.54) is 12.8 Å². The zero-order valence-corrected chi connectivity index (χ0v) is 8.80. The molecule has 12 heavy (non-hydrogen) atoms. The maximum Gasteiger partial charge on any atom is 0.147 e. The van der Waals surface area contributed by atoms with Crippen LogP contribution >= 0.6 is 15.9 Å². The Morgan fingerprint density at radius 3 is 2.50 bits per heavy atom. The highest BCUT2D eigenvalue weighted by atomic mass is 79.9. The quantitative estimate of drug-likeness (QED) is 0.499. The zero-order chi connectivity index (χ0) is 8.77. The van der Waals surface area contributed by atoms with Gasteiger partial charge < -0.3 is 0 Å². The van der Waals surface area contributed by atoms with Crippen LogP contribution in [-0.2, 0) is 4.79 Å². The maximum atomic E-state index is 11.4. The Morgan fingerprint density at radius 1 is 1.50 bits per heavy atom. The fourth-order valence-corrected chi connectivity index (χ4v) is 3.16. The third-order valence-electron chi connectivity index (χ3n) is 3.20. The van der Waals surface area contributed by atoms with Gasteiger partial charge in [-0.2, -0.15) is 0 Å². The molecule has 2 heteroatoms. The lowest BCUT2D eigenvalue weighted by molar-refractivity contribution is -0.121. The molecule has 3 aliphatic rings. The van der Waals surface area contributed by atoms with Crippen molar-refractivity contribution in [2.45, 2.75) is 30.5 Å². The predicted octanol–water partition coefficient (Wildman–Crippen LogP) is 2.70. The lowest BCUT2D eigenvalue weighted by atomic mass is 9.68. The highest BCUT2D eigenvalue weighted by Crippen LogP contribution is 2.48. The second-order valence-electron chi connectivity index (χ2n) is 3.95. The number of carbonyl (C=O) groups is 1. The normalized spacial score (nSPS) is 44.8. The van der Waals surface area contributed by atoms with Gasteiger partial charge in [0.25, 0.3) is 0 Å². The van der Waals surface area contributed by atoms with Gasteiger partial charge in [-0.25, -0.2) is 0 Å². The number of ketones is 1. The van der Waals surface area contributed by atoms with Crippen molar-refractivity contribution in [1.82, 2.24) is 0 Å². The minimum absolute atomic E-state index is 0.218. The summed E-state index contributed by atoms with van der Waals surface area (Å²) in [5.41, 5.74) is 0. The van der Waals surface area contributed by atoms with Gasteiger partial charge in [-0.1, -0.05) is 28.1 Å². The number of alkyl halides is 1. The Kier molecular flexibility index (Phi) is 1.90. The van der Waals surface area contributed by atoms with Crippen LogP contribution in [0.4, 0.5) is 0 Å².